The smallest absolute Gasteiger partial charge is 0.123 e. The molecule has 0 amide bonds. The predicted octanol–water partition coefficient (Wildman–Crippen LogP) is 0.859. The lowest BCUT2D eigenvalue weighted by Crippen LogP contribution is -2.40. The molecule has 2 aliphatic rings. The Morgan fingerprint density at radius 1 is 1.70 bits per heavy atom. The summed E-state index contributed by atoms with van der Waals surface area (Å²) < 4.78 is 0. The molecule has 3 heteroatoms. The van der Waals surface area contributed by atoms with E-state index in [9.17, 15) is 0 Å². The van der Waals surface area contributed by atoms with Gasteiger partial charge in [-0.05, 0) is 12.8 Å². The maximum absolute atomic E-state index is 5.70. The van der Waals surface area contributed by atoms with Crippen LogP contribution in [0.25, 0.3) is 0 Å². The van der Waals surface area contributed by atoms with Crippen LogP contribution in [0.15, 0.2) is 11.8 Å². The molecule has 2 rings (SSSR count). The number of thioether (sulfide) groups is 1. The van der Waals surface area contributed by atoms with Crippen LogP contribution in [0, 0.1) is 5.92 Å². The third-order valence-electron chi connectivity index (χ3n) is 2.11. The molecule has 0 aromatic carbocycles. The summed E-state index contributed by atoms with van der Waals surface area (Å²) in [6, 6.07) is 0. The first-order chi connectivity index (χ1) is 4.86. The topological polar surface area (TPSA) is 38.0 Å². The molecule has 1 aliphatic heterocycles. The molecule has 56 valence electrons. The van der Waals surface area contributed by atoms with E-state index in [1.165, 1.54) is 24.3 Å². The molecule has 1 aliphatic carbocycles. The Kier molecular flexibility index (Phi) is 1.62. The molecule has 0 spiro atoms. The molecule has 2 nitrogen and oxygen atoms in total. The Hall–Kier alpha value is -0.150. The summed E-state index contributed by atoms with van der Waals surface area (Å²) in [4.78, 5) is 0. The van der Waals surface area contributed by atoms with Crippen molar-refractivity contribution in [1.29, 1.82) is 0 Å². The highest BCUT2D eigenvalue weighted by Gasteiger charge is 2.25. The average molecular weight is 156 g/mol. The molecule has 2 atom stereocenters. The van der Waals surface area contributed by atoms with E-state index in [1.54, 1.807) is 0 Å². The third-order valence-corrected chi connectivity index (χ3v) is 3.18. The molecule has 1 heterocycles. The van der Waals surface area contributed by atoms with Crippen LogP contribution in [0.3, 0.4) is 0 Å². The first kappa shape index (κ1) is 6.55. The van der Waals surface area contributed by atoms with Crippen LogP contribution in [-0.4, -0.2) is 11.3 Å². The minimum atomic E-state index is 0.139. The molecular weight excluding hydrogens is 144 g/mol. The number of hydrogen-bond acceptors (Lipinski definition) is 3. The van der Waals surface area contributed by atoms with Crippen molar-refractivity contribution in [3.63, 3.8) is 0 Å². The summed E-state index contributed by atoms with van der Waals surface area (Å²) in [5, 5.41) is 3.28. The lowest BCUT2D eigenvalue weighted by molar-refractivity contribution is 0.587. The van der Waals surface area contributed by atoms with Gasteiger partial charge < -0.3 is 11.1 Å². The Labute approximate surface area is 65.2 Å². The fraction of sp³-hybridized carbons (Fsp3) is 0.714. The van der Waals surface area contributed by atoms with Crippen LogP contribution >= 0.6 is 11.8 Å². The summed E-state index contributed by atoms with van der Waals surface area (Å²) in [7, 11) is 0. The maximum atomic E-state index is 5.70. The quantitative estimate of drug-likeness (QED) is 0.546. The van der Waals surface area contributed by atoms with Gasteiger partial charge in [0, 0.05) is 17.4 Å². The minimum absolute atomic E-state index is 0.139. The Morgan fingerprint density at radius 2 is 2.60 bits per heavy atom. The van der Waals surface area contributed by atoms with Gasteiger partial charge in [0.2, 0.25) is 0 Å². The molecule has 0 radical (unpaired) electrons. The van der Waals surface area contributed by atoms with Crippen molar-refractivity contribution in [1.82, 2.24) is 5.32 Å². The first-order valence-corrected chi connectivity index (χ1v) is 4.75. The summed E-state index contributed by atoms with van der Waals surface area (Å²) in [5.74, 6) is 1.99. The van der Waals surface area contributed by atoms with Crippen molar-refractivity contribution in [2.75, 3.05) is 5.75 Å². The van der Waals surface area contributed by atoms with Crippen molar-refractivity contribution in [2.45, 2.75) is 18.3 Å². The number of rotatable bonds is 0. The van der Waals surface area contributed by atoms with E-state index in [1.807, 2.05) is 11.8 Å². The summed E-state index contributed by atoms with van der Waals surface area (Å²) in [5.41, 5.74) is 7.24. The third kappa shape index (κ3) is 1.04. The molecule has 1 fully saturated rings. The molecule has 10 heavy (non-hydrogen) atoms. The van der Waals surface area contributed by atoms with Crippen LogP contribution in [0.2, 0.25) is 0 Å². The van der Waals surface area contributed by atoms with E-state index < -0.39 is 0 Å². The molecule has 0 aromatic rings. The van der Waals surface area contributed by atoms with Crippen LogP contribution in [0.5, 0.6) is 0 Å². The van der Waals surface area contributed by atoms with E-state index in [0.29, 0.717) is 0 Å². The SMILES string of the molecule is NC1NC2=CCCC2CS1. The summed E-state index contributed by atoms with van der Waals surface area (Å²) >= 11 is 1.82. The van der Waals surface area contributed by atoms with Gasteiger partial charge in [0.15, 0.2) is 0 Å². The standard InChI is InChI=1S/C7H12N2S/c8-7-9-6-3-1-2-5(6)4-10-7/h3,5,7,9H,1-2,4,8H2. The largest absolute Gasteiger partial charge is 0.365 e. The van der Waals surface area contributed by atoms with E-state index in [4.69, 9.17) is 5.73 Å². The first-order valence-electron chi connectivity index (χ1n) is 3.70. The van der Waals surface area contributed by atoms with Gasteiger partial charge in [-0.3, -0.25) is 0 Å². The van der Waals surface area contributed by atoms with Crippen molar-refractivity contribution < 1.29 is 0 Å². The molecule has 0 bridgehead atoms. The van der Waals surface area contributed by atoms with Gasteiger partial charge in [-0.15, -0.1) is 11.8 Å². The molecular formula is C7H12N2S. The fourth-order valence-corrected chi connectivity index (χ4v) is 2.54. The van der Waals surface area contributed by atoms with Gasteiger partial charge in [0.1, 0.15) is 5.50 Å². The highest BCUT2D eigenvalue weighted by Crippen LogP contribution is 2.31. The van der Waals surface area contributed by atoms with Crippen LogP contribution in [-0.2, 0) is 0 Å². The predicted molar refractivity (Wildman–Crippen MR) is 44.4 cm³/mol. The molecule has 0 aromatic heterocycles. The Balaban J connectivity index is 2.07. The van der Waals surface area contributed by atoms with Gasteiger partial charge in [-0.25, -0.2) is 0 Å². The second-order valence-corrected chi connectivity index (χ2v) is 4.01. The van der Waals surface area contributed by atoms with Crippen molar-refractivity contribution in [3.8, 4) is 0 Å². The second kappa shape index (κ2) is 2.47. The zero-order valence-corrected chi connectivity index (χ0v) is 6.66. The van der Waals surface area contributed by atoms with Crippen LogP contribution < -0.4 is 11.1 Å². The lowest BCUT2D eigenvalue weighted by atomic mass is 10.1. The van der Waals surface area contributed by atoms with Crippen LogP contribution in [0.4, 0.5) is 0 Å². The van der Waals surface area contributed by atoms with E-state index >= 15 is 0 Å². The van der Waals surface area contributed by atoms with Crippen molar-refractivity contribution in [2.24, 2.45) is 11.7 Å². The molecule has 0 saturated carbocycles. The molecule has 3 N–H and O–H groups in total. The number of nitrogens with two attached hydrogens (primary N) is 1. The van der Waals surface area contributed by atoms with Crippen molar-refractivity contribution >= 4 is 11.8 Å². The van der Waals surface area contributed by atoms with Gasteiger partial charge in [-0.1, -0.05) is 6.08 Å². The van der Waals surface area contributed by atoms with Gasteiger partial charge in [0.05, 0.1) is 0 Å². The summed E-state index contributed by atoms with van der Waals surface area (Å²) in [6.07, 6.45) is 4.84. The average Bonchev–Trinajstić information content (AvgIpc) is 2.33. The second-order valence-electron chi connectivity index (χ2n) is 2.83. The van der Waals surface area contributed by atoms with Crippen LogP contribution in [0.1, 0.15) is 12.8 Å². The fourth-order valence-electron chi connectivity index (χ4n) is 1.54. The number of allylic oxidation sites excluding steroid dienone is 2. The van der Waals surface area contributed by atoms with Gasteiger partial charge in [-0.2, -0.15) is 0 Å². The van der Waals surface area contributed by atoms with Gasteiger partial charge >= 0.3 is 0 Å². The zero-order chi connectivity index (χ0) is 6.97. The maximum Gasteiger partial charge on any atom is 0.123 e. The van der Waals surface area contributed by atoms with E-state index in [0.717, 1.165) is 5.92 Å². The summed E-state index contributed by atoms with van der Waals surface area (Å²) in [6.45, 7) is 0. The monoisotopic (exact) mass is 156 g/mol. The molecule has 2 unspecified atom stereocenters. The molecule has 1 saturated heterocycles. The van der Waals surface area contributed by atoms with Gasteiger partial charge in [0.25, 0.3) is 0 Å². The Morgan fingerprint density at radius 3 is 3.50 bits per heavy atom. The highest BCUT2D eigenvalue weighted by atomic mass is 32.2. The number of nitrogens with one attached hydrogen (secondary N) is 1. The lowest BCUT2D eigenvalue weighted by Gasteiger charge is -2.27. The number of fused-ring (bicyclic) bond motifs is 1. The minimum Gasteiger partial charge on any atom is -0.365 e. The Bertz CT molecular complexity index is 167. The van der Waals surface area contributed by atoms with Crippen molar-refractivity contribution in [3.05, 3.63) is 11.8 Å². The highest BCUT2D eigenvalue weighted by molar-refractivity contribution is 7.99. The normalized spacial score (nSPS) is 38.3. The van der Waals surface area contributed by atoms with E-state index in [2.05, 4.69) is 11.4 Å². The zero-order valence-electron chi connectivity index (χ0n) is 5.84. The number of hydrogen-bond donors (Lipinski definition) is 2. The van der Waals surface area contributed by atoms with E-state index in [-0.39, 0.29) is 5.50 Å².